The Balaban J connectivity index is 1.51. The van der Waals surface area contributed by atoms with E-state index in [-0.39, 0.29) is 11.9 Å². The fraction of sp³-hybridized carbons (Fsp3) is 0.286. The molecule has 1 aromatic heterocycles. The molecule has 2 heterocycles. The Bertz CT molecular complexity index is 886. The van der Waals surface area contributed by atoms with Gasteiger partial charge < -0.3 is 4.90 Å². The Kier molecular flexibility index (Phi) is 4.52. The summed E-state index contributed by atoms with van der Waals surface area (Å²) in [6.45, 7) is 3.46. The molecule has 1 aliphatic rings. The van der Waals surface area contributed by atoms with Crippen LogP contribution in [0.4, 0.5) is 0 Å². The summed E-state index contributed by atoms with van der Waals surface area (Å²) in [5, 5.41) is 8.25. The third-order valence-electron chi connectivity index (χ3n) is 4.92. The van der Waals surface area contributed by atoms with E-state index in [4.69, 9.17) is 0 Å². The minimum atomic E-state index is -0.0348. The maximum Gasteiger partial charge on any atom is 0.276 e. The minimum absolute atomic E-state index is 0.0348. The summed E-state index contributed by atoms with van der Waals surface area (Å²) in [6, 6.07) is 18.6. The number of carbonyl (C=O) groups is 1. The van der Waals surface area contributed by atoms with E-state index >= 15 is 0 Å². The first kappa shape index (κ1) is 16.5. The topological polar surface area (TPSA) is 51.0 Å². The van der Waals surface area contributed by atoms with Gasteiger partial charge in [0.1, 0.15) is 0 Å². The Morgan fingerprint density at radius 3 is 2.65 bits per heavy atom. The van der Waals surface area contributed by atoms with E-state index in [1.807, 2.05) is 35.2 Å². The molecule has 0 aliphatic carbocycles. The van der Waals surface area contributed by atoms with E-state index in [0.717, 1.165) is 24.9 Å². The van der Waals surface area contributed by atoms with E-state index in [9.17, 15) is 4.79 Å². The Hall–Kier alpha value is -2.95. The van der Waals surface area contributed by atoms with Crippen LogP contribution in [0.3, 0.4) is 0 Å². The van der Waals surface area contributed by atoms with Gasteiger partial charge in [-0.15, -0.1) is 5.10 Å². The molecule has 1 saturated heterocycles. The van der Waals surface area contributed by atoms with Crippen LogP contribution in [0.5, 0.6) is 0 Å². The van der Waals surface area contributed by atoms with Crippen LogP contribution in [0.1, 0.15) is 46.1 Å². The Morgan fingerprint density at radius 1 is 1.12 bits per heavy atom. The zero-order valence-electron chi connectivity index (χ0n) is 14.9. The summed E-state index contributed by atoms with van der Waals surface area (Å²) >= 11 is 0. The second-order valence-corrected chi connectivity index (χ2v) is 6.85. The number of benzene rings is 2. The average Bonchev–Trinajstić information content (AvgIpc) is 3.32. The molecule has 0 N–H and O–H groups in total. The summed E-state index contributed by atoms with van der Waals surface area (Å²) in [7, 11) is 0. The number of carbonyl (C=O) groups excluding carboxylic acids is 1. The first-order chi connectivity index (χ1) is 12.7. The number of aryl methyl sites for hydroxylation is 1. The maximum absolute atomic E-state index is 13.0. The second kappa shape index (κ2) is 7.12. The number of nitrogens with zero attached hydrogens (tertiary/aromatic N) is 4. The molecule has 4 rings (SSSR count). The molecule has 5 heteroatoms. The van der Waals surface area contributed by atoms with Crippen LogP contribution < -0.4 is 0 Å². The molecule has 1 fully saturated rings. The molecule has 1 atom stereocenters. The van der Waals surface area contributed by atoms with Crippen molar-refractivity contribution in [1.29, 1.82) is 0 Å². The molecule has 3 aromatic rings. The molecule has 1 unspecified atom stereocenters. The number of hydrogen-bond donors (Lipinski definition) is 0. The molecule has 0 radical (unpaired) electrons. The fourth-order valence-corrected chi connectivity index (χ4v) is 3.54. The van der Waals surface area contributed by atoms with Gasteiger partial charge in [-0.1, -0.05) is 65.4 Å². The third-order valence-corrected chi connectivity index (χ3v) is 4.92. The van der Waals surface area contributed by atoms with Crippen LogP contribution in [-0.4, -0.2) is 32.3 Å². The van der Waals surface area contributed by atoms with Crippen molar-refractivity contribution < 1.29 is 4.79 Å². The molecule has 1 aliphatic heterocycles. The zero-order chi connectivity index (χ0) is 17.9. The van der Waals surface area contributed by atoms with Crippen LogP contribution in [-0.2, 0) is 6.54 Å². The predicted octanol–water partition coefficient (Wildman–Crippen LogP) is 3.61. The lowest BCUT2D eigenvalue weighted by molar-refractivity contribution is 0.0729. The standard InChI is InChI=1S/C21H22N4O/c1-16-9-11-18(12-10-16)20-8-5-13-25(20)21(26)19-15-24(23-22-19)14-17-6-3-2-4-7-17/h2-4,6-7,9-12,15,20H,5,8,13-14H2,1H3. The normalized spacial score (nSPS) is 16.8. The van der Waals surface area contributed by atoms with Gasteiger partial charge in [-0.05, 0) is 30.9 Å². The molecule has 26 heavy (non-hydrogen) atoms. The van der Waals surface area contributed by atoms with Crippen molar-refractivity contribution in [3.63, 3.8) is 0 Å². The van der Waals surface area contributed by atoms with Gasteiger partial charge in [-0.25, -0.2) is 4.68 Å². The molecular weight excluding hydrogens is 324 g/mol. The lowest BCUT2D eigenvalue weighted by Gasteiger charge is -2.24. The van der Waals surface area contributed by atoms with Gasteiger partial charge in [0.15, 0.2) is 5.69 Å². The van der Waals surface area contributed by atoms with Crippen molar-refractivity contribution in [3.05, 3.63) is 83.2 Å². The molecule has 0 bridgehead atoms. The predicted molar refractivity (Wildman–Crippen MR) is 99.8 cm³/mol. The van der Waals surface area contributed by atoms with Crippen molar-refractivity contribution in [1.82, 2.24) is 19.9 Å². The molecule has 0 saturated carbocycles. The number of hydrogen-bond acceptors (Lipinski definition) is 3. The smallest absolute Gasteiger partial charge is 0.276 e. The van der Waals surface area contributed by atoms with Gasteiger partial charge in [-0.3, -0.25) is 4.79 Å². The van der Waals surface area contributed by atoms with Crippen LogP contribution in [0.2, 0.25) is 0 Å². The molecular formula is C21H22N4O. The summed E-state index contributed by atoms with van der Waals surface area (Å²) < 4.78 is 1.72. The van der Waals surface area contributed by atoms with Crippen LogP contribution in [0, 0.1) is 6.92 Å². The van der Waals surface area contributed by atoms with Crippen molar-refractivity contribution in [2.75, 3.05) is 6.54 Å². The second-order valence-electron chi connectivity index (χ2n) is 6.85. The highest BCUT2D eigenvalue weighted by Gasteiger charge is 2.31. The van der Waals surface area contributed by atoms with E-state index in [1.165, 1.54) is 11.1 Å². The Labute approximate surface area is 153 Å². The summed E-state index contributed by atoms with van der Waals surface area (Å²) in [5.41, 5.74) is 3.97. The highest BCUT2D eigenvalue weighted by Crippen LogP contribution is 2.32. The number of amides is 1. The largest absolute Gasteiger partial charge is 0.330 e. The van der Waals surface area contributed by atoms with Crippen molar-refractivity contribution >= 4 is 5.91 Å². The van der Waals surface area contributed by atoms with Crippen molar-refractivity contribution in [3.8, 4) is 0 Å². The van der Waals surface area contributed by atoms with E-state index in [2.05, 4.69) is 41.5 Å². The highest BCUT2D eigenvalue weighted by atomic mass is 16.2. The lowest BCUT2D eigenvalue weighted by atomic mass is 10.0. The van der Waals surface area contributed by atoms with Gasteiger partial charge in [0, 0.05) is 6.54 Å². The fourth-order valence-electron chi connectivity index (χ4n) is 3.54. The Morgan fingerprint density at radius 2 is 1.88 bits per heavy atom. The monoisotopic (exact) mass is 346 g/mol. The number of likely N-dealkylation sites (tertiary alicyclic amines) is 1. The maximum atomic E-state index is 13.0. The summed E-state index contributed by atoms with van der Waals surface area (Å²) in [5.74, 6) is -0.0348. The molecule has 0 spiro atoms. The third kappa shape index (κ3) is 3.38. The first-order valence-electron chi connectivity index (χ1n) is 9.02. The average molecular weight is 346 g/mol. The molecule has 2 aromatic carbocycles. The molecule has 1 amide bonds. The van der Waals surface area contributed by atoms with E-state index in [0.29, 0.717) is 12.2 Å². The first-order valence-corrected chi connectivity index (χ1v) is 9.02. The zero-order valence-corrected chi connectivity index (χ0v) is 14.9. The van der Waals surface area contributed by atoms with E-state index in [1.54, 1.807) is 10.9 Å². The number of rotatable bonds is 4. The number of aromatic nitrogens is 3. The van der Waals surface area contributed by atoms with Crippen LogP contribution in [0.25, 0.3) is 0 Å². The van der Waals surface area contributed by atoms with Gasteiger partial charge >= 0.3 is 0 Å². The quantitative estimate of drug-likeness (QED) is 0.725. The minimum Gasteiger partial charge on any atom is -0.330 e. The van der Waals surface area contributed by atoms with Crippen molar-refractivity contribution in [2.45, 2.75) is 32.4 Å². The SMILES string of the molecule is Cc1ccc(C2CCCN2C(=O)c2cn(Cc3ccccc3)nn2)cc1. The van der Waals surface area contributed by atoms with Gasteiger partial charge in [0.25, 0.3) is 5.91 Å². The summed E-state index contributed by atoms with van der Waals surface area (Å²) in [4.78, 5) is 14.9. The summed E-state index contributed by atoms with van der Waals surface area (Å²) in [6.07, 6.45) is 3.76. The van der Waals surface area contributed by atoms with Crippen molar-refractivity contribution in [2.24, 2.45) is 0 Å². The molecule has 132 valence electrons. The van der Waals surface area contributed by atoms with Crippen LogP contribution >= 0.6 is 0 Å². The van der Waals surface area contributed by atoms with Gasteiger partial charge in [0.05, 0.1) is 18.8 Å². The van der Waals surface area contributed by atoms with Gasteiger partial charge in [-0.2, -0.15) is 0 Å². The van der Waals surface area contributed by atoms with Gasteiger partial charge in [0.2, 0.25) is 0 Å². The van der Waals surface area contributed by atoms with Crippen LogP contribution in [0.15, 0.2) is 60.8 Å². The molecule has 5 nitrogen and oxygen atoms in total. The lowest BCUT2D eigenvalue weighted by Crippen LogP contribution is -2.30. The van der Waals surface area contributed by atoms with E-state index < -0.39 is 0 Å². The highest BCUT2D eigenvalue weighted by molar-refractivity contribution is 5.92.